The molecule has 2 aromatic carbocycles. The summed E-state index contributed by atoms with van der Waals surface area (Å²) < 4.78 is 0. The predicted molar refractivity (Wildman–Crippen MR) is 102 cm³/mol. The highest BCUT2D eigenvalue weighted by Crippen LogP contribution is 2.29. The van der Waals surface area contributed by atoms with E-state index in [2.05, 4.69) is 46.8 Å². The van der Waals surface area contributed by atoms with Crippen LogP contribution in [-0.4, -0.2) is 43.4 Å². The van der Waals surface area contributed by atoms with Crippen LogP contribution in [0, 0.1) is 11.3 Å². The Labute approximate surface area is 152 Å². The Balaban J connectivity index is 1.58. The SMILES string of the molecule is CSc1ccccc1N1CCN(C(=O)Nc2ccc(C#N)cc2)CC1. The molecule has 0 saturated carbocycles. The standard InChI is InChI=1S/C19H20N4OS/c1-25-18-5-3-2-4-17(18)22-10-12-23(13-11-22)19(24)21-16-8-6-15(14-20)7-9-16/h2-9H,10-13H2,1H3,(H,21,24). The molecule has 2 aromatic rings. The molecule has 1 fully saturated rings. The van der Waals surface area contributed by atoms with Crippen molar-refractivity contribution in [2.75, 3.05) is 42.7 Å². The van der Waals surface area contributed by atoms with Gasteiger partial charge in [-0.05, 0) is 42.7 Å². The number of hydrogen-bond donors (Lipinski definition) is 1. The first-order valence-corrected chi connectivity index (χ1v) is 9.38. The molecule has 0 aliphatic carbocycles. The number of rotatable bonds is 3. The van der Waals surface area contributed by atoms with Gasteiger partial charge in [-0.15, -0.1) is 11.8 Å². The first-order chi connectivity index (χ1) is 12.2. The number of hydrogen-bond acceptors (Lipinski definition) is 4. The summed E-state index contributed by atoms with van der Waals surface area (Å²) in [7, 11) is 0. The van der Waals surface area contributed by atoms with Crippen LogP contribution in [0.3, 0.4) is 0 Å². The average Bonchev–Trinajstić information content (AvgIpc) is 2.68. The third kappa shape index (κ3) is 4.06. The van der Waals surface area contributed by atoms with Gasteiger partial charge < -0.3 is 15.1 Å². The Bertz CT molecular complexity index is 777. The zero-order valence-corrected chi connectivity index (χ0v) is 14.9. The number of para-hydroxylation sites is 1. The molecule has 1 aliphatic rings. The minimum Gasteiger partial charge on any atom is -0.367 e. The molecule has 0 radical (unpaired) electrons. The normalized spacial score (nSPS) is 14.1. The summed E-state index contributed by atoms with van der Waals surface area (Å²) in [5, 5.41) is 11.7. The van der Waals surface area contributed by atoms with Crippen LogP contribution in [0.5, 0.6) is 0 Å². The lowest BCUT2D eigenvalue weighted by molar-refractivity contribution is 0.208. The summed E-state index contributed by atoms with van der Waals surface area (Å²) in [6, 6.07) is 17.3. The molecule has 0 unspecified atom stereocenters. The minimum atomic E-state index is -0.0949. The van der Waals surface area contributed by atoms with Gasteiger partial charge in [0.25, 0.3) is 0 Å². The molecule has 25 heavy (non-hydrogen) atoms. The second-order valence-corrected chi connectivity index (χ2v) is 6.61. The summed E-state index contributed by atoms with van der Waals surface area (Å²) in [6.45, 7) is 3.01. The number of nitrogens with zero attached hydrogens (tertiary/aromatic N) is 3. The van der Waals surface area contributed by atoms with Gasteiger partial charge in [0, 0.05) is 36.8 Å². The number of piperazine rings is 1. The van der Waals surface area contributed by atoms with Gasteiger partial charge in [-0.3, -0.25) is 0 Å². The highest BCUT2D eigenvalue weighted by atomic mass is 32.2. The van der Waals surface area contributed by atoms with Crippen LogP contribution in [-0.2, 0) is 0 Å². The van der Waals surface area contributed by atoms with Crippen LogP contribution >= 0.6 is 11.8 Å². The molecule has 128 valence electrons. The lowest BCUT2D eigenvalue weighted by Crippen LogP contribution is -2.50. The maximum atomic E-state index is 12.4. The van der Waals surface area contributed by atoms with Crippen molar-refractivity contribution in [3.8, 4) is 6.07 Å². The molecule has 0 atom stereocenters. The Kier molecular flexibility index (Phi) is 5.46. The molecule has 6 heteroatoms. The molecular weight excluding hydrogens is 332 g/mol. The third-order valence-electron chi connectivity index (χ3n) is 4.26. The van der Waals surface area contributed by atoms with Crippen LogP contribution < -0.4 is 10.2 Å². The molecule has 0 aromatic heterocycles. The number of benzene rings is 2. The van der Waals surface area contributed by atoms with Crippen LogP contribution in [0.2, 0.25) is 0 Å². The lowest BCUT2D eigenvalue weighted by atomic mass is 10.2. The van der Waals surface area contributed by atoms with E-state index in [4.69, 9.17) is 5.26 Å². The molecule has 0 bridgehead atoms. The van der Waals surface area contributed by atoms with Crippen molar-refractivity contribution < 1.29 is 4.79 Å². The van der Waals surface area contributed by atoms with Gasteiger partial charge in [0.15, 0.2) is 0 Å². The molecule has 2 amide bonds. The summed E-state index contributed by atoms with van der Waals surface area (Å²) in [5.74, 6) is 0. The van der Waals surface area contributed by atoms with Crippen molar-refractivity contribution in [3.05, 3.63) is 54.1 Å². The van der Waals surface area contributed by atoms with Gasteiger partial charge in [-0.1, -0.05) is 12.1 Å². The second kappa shape index (κ2) is 7.95. The number of nitrogens with one attached hydrogen (secondary N) is 1. The van der Waals surface area contributed by atoms with E-state index in [-0.39, 0.29) is 6.03 Å². The Morgan fingerprint density at radius 2 is 1.76 bits per heavy atom. The maximum Gasteiger partial charge on any atom is 0.321 e. The molecule has 1 saturated heterocycles. The number of amides is 2. The van der Waals surface area contributed by atoms with Gasteiger partial charge in [-0.25, -0.2) is 4.79 Å². The number of anilines is 2. The fourth-order valence-corrected chi connectivity index (χ4v) is 3.49. The van der Waals surface area contributed by atoms with Gasteiger partial charge >= 0.3 is 6.03 Å². The Hall–Kier alpha value is -2.65. The predicted octanol–water partition coefficient (Wildman–Crippen LogP) is 3.63. The smallest absolute Gasteiger partial charge is 0.321 e. The average molecular weight is 352 g/mol. The van der Waals surface area contributed by atoms with Crippen LogP contribution in [0.4, 0.5) is 16.2 Å². The van der Waals surface area contributed by atoms with Crippen molar-refractivity contribution in [1.29, 1.82) is 5.26 Å². The van der Waals surface area contributed by atoms with Crippen LogP contribution in [0.15, 0.2) is 53.4 Å². The van der Waals surface area contributed by atoms with Crippen molar-refractivity contribution in [1.82, 2.24) is 4.90 Å². The van der Waals surface area contributed by atoms with E-state index in [1.54, 1.807) is 36.0 Å². The van der Waals surface area contributed by atoms with E-state index in [1.165, 1.54) is 10.6 Å². The van der Waals surface area contributed by atoms with Gasteiger partial charge in [0.05, 0.1) is 17.3 Å². The van der Waals surface area contributed by atoms with E-state index in [1.807, 2.05) is 4.90 Å². The summed E-state index contributed by atoms with van der Waals surface area (Å²) >= 11 is 1.74. The molecule has 1 N–H and O–H groups in total. The zero-order chi connectivity index (χ0) is 17.6. The van der Waals surface area contributed by atoms with E-state index >= 15 is 0 Å². The monoisotopic (exact) mass is 352 g/mol. The highest BCUT2D eigenvalue weighted by molar-refractivity contribution is 7.98. The van der Waals surface area contributed by atoms with Crippen molar-refractivity contribution in [3.63, 3.8) is 0 Å². The number of nitriles is 1. The molecule has 5 nitrogen and oxygen atoms in total. The number of carbonyl (C=O) groups is 1. The topological polar surface area (TPSA) is 59.4 Å². The fourth-order valence-electron chi connectivity index (χ4n) is 2.87. The third-order valence-corrected chi connectivity index (χ3v) is 5.04. The fraction of sp³-hybridized carbons (Fsp3) is 0.263. The molecule has 1 heterocycles. The summed E-state index contributed by atoms with van der Waals surface area (Å²) in [4.78, 5) is 17.8. The lowest BCUT2D eigenvalue weighted by Gasteiger charge is -2.36. The highest BCUT2D eigenvalue weighted by Gasteiger charge is 2.22. The molecular formula is C19H20N4OS. The largest absolute Gasteiger partial charge is 0.367 e. The first-order valence-electron chi connectivity index (χ1n) is 8.15. The second-order valence-electron chi connectivity index (χ2n) is 5.77. The van der Waals surface area contributed by atoms with Gasteiger partial charge in [0.2, 0.25) is 0 Å². The summed E-state index contributed by atoms with van der Waals surface area (Å²) in [6.07, 6.45) is 2.08. The summed E-state index contributed by atoms with van der Waals surface area (Å²) in [5.41, 5.74) is 2.53. The van der Waals surface area contributed by atoms with Crippen LogP contribution in [0.1, 0.15) is 5.56 Å². The van der Waals surface area contributed by atoms with E-state index in [0.717, 1.165) is 13.1 Å². The number of thioether (sulfide) groups is 1. The number of carbonyl (C=O) groups excluding carboxylic acids is 1. The molecule has 0 spiro atoms. The first kappa shape index (κ1) is 17.2. The number of urea groups is 1. The minimum absolute atomic E-state index is 0.0949. The molecule has 1 aliphatic heterocycles. The molecule has 3 rings (SSSR count). The van der Waals surface area contributed by atoms with E-state index in [0.29, 0.717) is 24.3 Å². The van der Waals surface area contributed by atoms with Crippen molar-refractivity contribution in [2.24, 2.45) is 0 Å². The van der Waals surface area contributed by atoms with Gasteiger partial charge in [0.1, 0.15) is 0 Å². The quantitative estimate of drug-likeness (QED) is 0.857. The maximum absolute atomic E-state index is 12.4. The van der Waals surface area contributed by atoms with Crippen LogP contribution in [0.25, 0.3) is 0 Å². The Morgan fingerprint density at radius 1 is 1.08 bits per heavy atom. The van der Waals surface area contributed by atoms with Crippen molar-refractivity contribution in [2.45, 2.75) is 4.90 Å². The van der Waals surface area contributed by atoms with E-state index < -0.39 is 0 Å². The van der Waals surface area contributed by atoms with Crippen molar-refractivity contribution >= 4 is 29.2 Å². The van der Waals surface area contributed by atoms with Gasteiger partial charge in [-0.2, -0.15) is 5.26 Å². The Morgan fingerprint density at radius 3 is 2.40 bits per heavy atom. The van der Waals surface area contributed by atoms with E-state index in [9.17, 15) is 4.79 Å². The zero-order valence-electron chi connectivity index (χ0n) is 14.1.